The molecule has 1 aromatic heterocycles. The fourth-order valence-corrected chi connectivity index (χ4v) is 4.58. The number of pyridine rings is 1. The number of nitrogens with one attached hydrogen (secondary N) is 2. The number of anilines is 2. The van der Waals surface area contributed by atoms with Gasteiger partial charge in [-0.15, -0.1) is 0 Å². The van der Waals surface area contributed by atoms with Gasteiger partial charge in [-0.1, -0.05) is 6.07 Å². The van der Waals surface area contributed by atoms with Gasteiger partial charge >= 0.3 is 0 Å². The minimum absolute atomic E-state index is 0.232. The van der Waals surface area contributed by atoms with Crippen molar-refractivity contribution in [1.82, 2.24) is 4.98 Å². The number of methoxy groups -OCH3 is 1. The molecule has 0 fully saturated rings. The number of nitrogens with zero attached hydrogens (tertiary/aromatic N) is 1. The summed E-state index contributed by atoms with van der Waals surface area (Å²) in [5, 5.41) is 2.75. The molecule has 1 aliphatic carbocycles. The van der Waals surface area contributed by atoms with Crippen LogP contribution >= 0.6 is 0 Å². The average molecular weight is 423 g/mol. The van der Waals surface area contributed by atoms with Crippen molar-refractivity contribution >= 4 is 27.3 Å². The molecule has 0 atom stereocenters. The van der Waals surface area contributed by atoms with Crippen LogP contribution in [0.1, 0.15) is 27.9 Å². The summed E-state index contributed by atoms with van der Waals surface area (Å²) in [6.07, 6.45) is 5.99. The maximum Gasteiger partial charge on any atom is 0.261 e. The van der Waals surface area contributed by atoms with Crippen LogP contribution in [0, 0.1) is 0 Å². The van der Waals surface area contributed by atoms with Crippen molar-refractivity contribution in [2.24, 2.45) is 0 Å². The summed E-state index contributed by atoms with van der Waals surface area (Å²) in [5.41, 5.74) is 3.47. The van der Waals surface area contributed by atoms with E-state index in [9.17, 15) is 13.2 Å². The highest BCUT2D eigenvalue weighted by Gasteiger charge is 2.19. The second kappa shape index (κ2) is 8.16. The van der Waals surface area contributed by atoms with E-state index in [-0.39, 0.29) is 10.8 Å². The summed E-state index contributed by atoms with van der Waals surface area (Å²) in [6.45, 7) is 0. The molecular weight excluding hydrogens is 402 g/mol. The third-order valence-electron chi connectivity index (χ3n) is 5.01. The van der Waals surface area contributed by atoms with Gasteiger partial charge in [0.1, 0.15) is 5.75 Å². The zero-order chi connectivity index (χ0) is 21.1. The lowest BCUT2D eigenvalue weighted by Crippen LogP contribution is -2.15. The number of fused-ring (bicyclic) bond motifs is 1. The number of hydrogen-bond donors (Lipinski definition) is 2. The van der Waals surface area contributed by atoms with Crippen LogP contribution in [-0.4, -0.2) is 26.4 Å². The Morgan fingerprint density at radius 1 is 1.07 bits per heavy atom. The summed E-state index contributed by atoms with van der Waals surface area (Å²) < 4.78 is 33.6. The van der Waals surface area contributed by atoms with Crippen molar-refractivity contribution in [1.29, 1.82) is 0 Å². The van der Waals surface area contributed by atoms with Gasteiger partial charge in [-0.2, -0.15) is 0 Å². The fourth-order valence-electron chi connectivity index (χ4n) is 3.48. The molecule has 4 rings (SSSR count). The van der Waals surface area contributed by atoms with E-state index in [1.807, 2.05) is 6.07 Å². The normalized spacial score (nSPS) is 12.8. The van der Waals surface area contributed by atoms with Crippen molar-refractivity contribution < 1.29 is 17.9 Å². The standard InChI is InChI=1S/C22H21N3O4S/c1-29-21-13-18(8-10-20(21)24-22(26)17-6-3-11-23-14-17)25-30(27,28)19-9-7-15-4-2-5-16(15)12-19/h3,6-14,25H,2,4-5H2,1H3,(H,24,26). The molecule has 0 spiro atoms. The van der Waals surface area contributed by atoms with Crippen molar-refractivity contribution in [3.05, 3.63) is 77.6 Å². The third-order valence-corrected chi connectivity index (χ3v) is 6.38. The van der Waals surface area contributed by atoms with Gasteiger partial charge in [0.2, 0.25) is 0 Å². The third kappa shape index (κ3) is 4.13. The van der Waals surface area contributed by atoms with Gasteiger partial charge in [0.05, 0.1) is 28.9 Å². The number of aromatic nitrogens is 1. The van der Waals surface area contributed by atoms with Crippen molar-refractivity contribution in [2.75, 3.05) is 17.1 Å². The van der Waals surface area contributed by atoms with E-state index in [0.717, 1.165) is 24.8 Å². The number of carbonyl (C=O) groups is 1. The summed E-state index contributed by atoms with van der Waals surface area (Å²) in [6, 6.07) is 13.3. The fraction of sp³-hybridized carbons (Fsp3) is 0.182. The summed E-state index contributed by atoms with van der Waals surface area (Å²) in [4.78, 5) is 16.5. The number of benzene rings is 2. The van der Waals surface area contributed by atoms with Crippen LogP contribution in [0.5, 0.6) is 5.75 Å². The van der Waals surface area contributed by atoms with Gasteiger partial charge in [0.15, 0.2) is 0 Å². The van der Waals surface area contributed by atoms with Gasteiger partial charge in [-0.3, -0.25) is 14.5 Å². The first-order valence-corrected chi connectivity index (χ1v) is 11.0. The molecule has 1 heterocycles. The number of hydrogen-bond acceptors (Lipinski definition) is 5. The van der Waals surface area contributed by atoms with E-state index in [1.54, 1.807) is 42.6 Å². The Hall–Kier alpha value is -3.39. The van der Waals surface area contributed by atoms with Crippen molar-refractivity contribution in [3.8, 4) is 5.75 Å². The Kier molecular flexibility index (Phi) is 5.41. The van der Waals surface area contributed by atoms with Gasteiger partial charge in [-0.25, -0.2) is 8.42 Å². The van der Waals surface area contributed by atoms with Crippen molar-refractivity contribution in [3.63, 3.8) is 0 Å². The van der Waals surface area contributed by atoms with Crippen LogP contribution in [0.25, 0.3) is 0 Å². The predicted molar refractivity (Wildman–Crippen MR) is 114 cm³/mol. The first-order chi connectivity index (χ1) is 14.5. The lowest BCUT2D eigenvalue weighted by Gasteiger charge is -2.14. The first-order valence-electron chi connectivity index (χ1n) is 9.50. The maximum absolute atomic E-state index is 12.8. The second-order valence-corrected chi connectivity index (χ2v) is 8.68. The van der Waals surface area contributed by atoms with Crippen molar-refractivity contribution in [2.45, 2.75) is 24.2 Å². The Morgan fingerprint density at radius 2 is 1.90 bits per heavy atom. The predicted octanol–water partition coefficient (Wildman–Crippen LogP) is 3.63. The van der Waals surface area contributed by atoms with Crippen LogP contribution in [-0.2, 0) is 22.9 Å². The molecule has 1 amide bonds. The number of rotatable bonds is 6. The highest BCUT2D eigenvalue weighted by atomic mass is 32.2. The summed E-state index contributed by atoms with van der Waals surface area (Å²) >= 11 is 0. The van der Waals surface area contributed by atoms with Gasteiger partial charge in [0, 0.05) is 18.5 Å². The molecule has 0 saturated carbocycles. The average Bonchev–Trinajstić information content (AvgIpc) is 3.23. The minimum Gasteiger partial charge on any atom is -0.494 e. The molecule has 1 aliphatic rings. The van der Waals surface area contributed by atoms with Crippen LogP contribution < -0.4 is 14.8 Å². The highest BCUT2D eigenvalue weighted by Crippen LogP contribution is 2.30. The van der Waals surface area contributed by atoms with Gasteiger partial charge in [0.25, 0.3) is 15.9 Å². The summed E-state index contributed by atoms with van der Waals surface area (Å²) in [7, 11) is -2.29. The molecule has 7 nitrogen and oxygen atoms in total. The molecule has 0 saturated heterocycles. The lowest BCUT2D eigenvalue weighted by atomic mass is 10.1. The molecule has 30 heavy (non-hydrogen) atoms. The summed E-state index contributed by atoms with van der Waals surface area (Å²) in [5.74, 6) is -0.00531. The van der Waals surface area contributed by atoms with Crippen LogP contribution in [0.2, 0.25) is 0 Å². The first kappa shape index (κ1) is 19.9. The zero-order valence-corrected chi connectivity index (χ0v) is 17.2. The zero-order valence-electron chi connectivity index (χ0n) is 16.4. The number of amides is 1. The molecule has 2 aromatic carbocycles. The Labute approximate surface area is 175 Å². The second-order valence-electron chi connectivity index (χ2n) is 7.00. The van der Waals surface area contributed by atoms with E-state index in [2.05, 4.69) is 15.0 Å². The molecule has 2 N–H and O–H groups in total. The molecule has 154 valence electrons. The quantitative estimate of drug-likeness (QED) is 0.631. The Bertz CT molecular complexity index is 1190. The number of sulfonamides is 1. The van der Waals surface area contributed by atoms with Crippen LogP contribution in [0.15, 0.2) is 65.8 Å². The van der Waals surface area contributed by atoms with E-state index in [1.165, 1.54) is 24.9 Å². The molecule has 3 aromatic rings. The monoisotopic (exact) mass is 423 g/mol. The van der Waals surface area contributed by atoms with E-state index < -0.39 is 10.0 Å². The number of carbonyl (C=O) groups excluding carboxylic acids is 1. The molecular formula is C22H21N3O4S. The Balaban J connectivity index is 1.54. The smallest absolute Gasteiger partial charge is 0.261 e. The van der Waals surface area contributed by atoms with Gasteiger partial charge < -0.3 is 10.1 Å². The Morgan fingerprint density at radius 3 is 2.67 bits per heavy atom. The molecule has 0 unspecified atom stereocenters. The van der Waals surface area contributed by atoms with E-state index in [0.29, 0.717) is 22.7 Å². The topological polar surface area (TPSA) is 97.4 Å². The van der Waals surface area contributed by atoms with Crippen LogP contribution in [0.4, 0.5) is 11.4 Å². The largest absolute Gasteiger partial charge is 0.494 e. The minimum atomic E-state index is -3.74. The SMILES string of the molecule is COc1cc(NS(=O)(=O)c2ccc3c(c2)CCC3)ccc1NC(=O)c1cccnc1. The number of ether oxygens (including phenoxy) is 1. The van der Waals surface area contributed by atoms with Gasteiger partial charge in [-0.05, 0) is 66.8 Å². The maximum atomic E-state index is 12.8. The molecule has 0 aliphatic heterocycles. The van der Waals surface area contributed by atoms with Crippen LogP contribution in [0.3, 0.4) is 0 Å². The van der Waals surface area contributed by atoms with E-state index in [4.69, 9.17) is 4.74 Å². The lowest BCUT2D eigenvalue weighted by molar-refractivity contribution is 0.102. The molecule has 0 bridgehead atoms. The number of aryl methyl sites for hydroxylation is 2. The molecule has 8 heteroatoms. The highest BCUT2D eigenvalue weighted by molar-refractivity contribution is 7.92. The van der Waals surface area contributed by atoms with E-state index >= 15 is 0 Å². The molecule has 0 radical (unpaired) electrons.